The maximum absolute atomic E-state index is 15.5. The molecule has 3 heterocycles. The van der Waals surface area contributed by atoms with Crippen molar-refractivity contribution in [3.05, 3.63) is 80.6 Å². The van der Waals surface area contributed by atoms with Crippen LogP contribution in [0.25, 0.3) is 11.1 Å². The Hall–Kier alpha value is -2.93. The predicted molar refractivity (Wildman–Crippen MR) is 151 cm³/mol. The highest BCUT2D eigenvalue weighted by Crippen LogP contribution is 2.42. The van der Waals surface area contributed by atoms with Gasteiger partial charge in [0, 0.05) is 56.0 Å². The number of pyridine rings is 1. The van der Waals surface area contributed by atoms with Crippen LogP contribution in [0.15, 0.2) is 46.2 Å². The Morgan fingerprint density at radius 1 is 1.10 bits per heavy atom. The van der Waals surface area contributed by atoms with Crippen LogP contribution in [0.5, 0.6) is 5.75 Å². The van der Waals surface area contributed by atoms with Gasteiger partial charge in [-0.2, -0.15) is 13.2 Å². The number of rotatable bonds is 9. The Bertz CT molecular complexity index is 1500. The lowest BCUT2D eigenvalue weighted by Crippen LogP contribution is -2.41. The molecular weight excluding hydrogens is 577 g/mol. The number of hydrogen-bond acceptors (Lipinski definition) is 6. The molecule has 5 rings (SSSR count). The molecule has 0 saturated carbocycles. The van der Waals surface area contributed by atoms with Crippen LogP contribution in [-0.2, 0) is 17.3 Å². The summed E-state index contributed by atoms with van der Waals surface area (Å²) < 4.78 is 84.3. The first-order chi connectivity index (χ1) is 20.1. The minimum atomic E-state index is -4.78. The van der Waals surface area contributed by atoms with Gasteiger partial charge in [-0.1, -0.05) is 18.2 Å². The second-order valence-corrected chi connectivity index (χ2v) is 11.4. The van der Waals surface area contributed by atoms with E-state index >= 15 is 4.39 Å². The lowest BCUT2D eigenvalue weighted by atomic mass is 9.92. The second-order valence-electron chi connectivity index (χ2n) is 10.3. The lowest BCUT2D eigenvalue weighted by Gasteiger charge is -2.27. The lowest BCUT2D eigenvalue weighted by molar-refractivity contribution is -0.138. The molecule has 1 saturated heterocycles. The first kappa shape index (κ1) is 30.5. The van der Waals surface area contributed by atoms with E-state index in [2.05, 4.69) is 10.2 Å². The summed E-state index contributed by atoms with van der Waals surface area (Å²) in [5.74, 6) is -1.32. The summed E-state index contributed by atoms with van der Waals surface area (Å²) in [5, 5.41) is 3.87. The number of nitrogens with one attached hydrogen (secondary N) is 1. The topological polar surface area (TPSA) is 55.7 Å². The molecule has 0 radical (unpaired) electrons. The normalized spacial score (nSPS) is 17.5. The van der Waals surface area contributed by atoms with Gasteiger partial charge in [-0.25, -0.2) is 8.78 Å². The summed E-state index contributed by atoms with van der Waals surface area (Å²) in [7, 11) is 1.31. The van der Waals surface area contributed by atoms with Crippen LogP contribution in [0.1, 0.15) is 28.3 Å². The SMILES string of the molecule is COc1cccc(-c2c(C)c(Cc3c(F)cccc3C(F)(F)F)c3n(c2=O)C(CNCCN2CCOCC2)CS3)c1F. The van der Waals surface area contributed by atoms with Gasteiger partial charge in [-0.05, 0) is 36.2 Å². The molecule has 0 amide bonds. The highest BCUT2D eigenvalue weighted by molar-refractivity contribution is 7.99. The van der Waals surface area contributed by atoms with Crippen LogP contribution in [0, 0.1) is 18.6 Å². The van der Waals surface area contributed by atoms with E-state index in [1.807, 2.05) is 0 Å². The van der Waals surface area contributed by atoms with E-state index in [0.717, 1.165) is 37.8 Å². The number of methoxy groups -OCH3 is 1. The van der Waals surface area contributed by atoms with Gasteiger partial charge in [0.15, 0.2) is 11.6 Å². The summed E-state index contributed by atoms with van der Waals surface area (Å²) in [6, 6.07) is 6.94. The van der Waals surface area contributed by atoms with Gasteiger partial charge in [0.05, 0.1) is 42.5 Å². The molecule has 2 aliphatic heterocycles. The molecule has 1 unspecified atom stereocenters. The molecule has 12 heteroatoms. The zero-order chi connectivity index (χ0) is 30.0. The van der Waals surface area contributed by atoms with Gasteiger partial charge in [0.2, 0.25) is 0 Å². The number of morpholine rings is 1. The summed E-state index contributed by atoms with van der Waals surface area (Å²) in [6.45, 7) is 6.55. The van der Waals surface area contributed by atoms with Crippen LogP contribution in [-0.4, -0.2) is 68.3 Å². The molecule has 0 aliphatic carbocycles. The number of benzene rings is 2. The minimum Gasteiger partial charge on any atom is -0.494 e. The first-order valence-corrected chi connectivity index (χ1v) is 14.7. The third-order valence-corrected chi connectivity index (χ3v) is 9.10. The Labute approximate surface area is 244 Å². The third kappa shape index (κ3) is 6.08. The molecule has 0 spiro atoms. The Balaban J connectivity index is 1.57. The Morgan fingerprint density at radius 2 is 1.83 bits per heavy atom. The molecule has 226 valence electrons. The van der Waals surface area contributed by atoms with Gasteiger partial charge in [0.1, 0.15) is 5.82 Å². The molecule has 6 nitrogen and oxygen atoms in total. The minimum absolute atomic E-state index is 0.0195. The number of hydrogen-bond donors (Lipinski definition) is 1. The molecule has 2 aliphatic rings. The molecule has 0 bridgehead atoms. The van der Waals surface area contributed by atoms with Crippen LogP contribution in [0.3, 0.4) is 0 Å². The fraction of sp³-hybridized carbons (Fsp3) is 0.433. The van der Waals surface area contributed by atoms with E-state index in [4.69, 9.17) is 9.47 Å². The maximum Gasteiger partial charge on any atom is 0.416 e. The molecule has 3 aromatic rings. The van der Waals surface area contributed by atoms with E-state index in [-0.39, 0.29) is 22.9 Å². The molecule has 2 aromatic carbocycles. The summed E-state index contributed by atoms with van der Waals surface area (Å²) in [4.78, 5) is 16.3. The number of aromatic nitrogens is 1. The number of thioether (sulfide) groups is 1. The van der Waals surface area contributed by atoms with Gasteiger partial charge in [0.25, 0.3) is 5.56 Å². The van der Waals surface area contributed by atoms with Gasteiger partial charge < -0.3 is 14.8 Å². The second kappa shape index (κ2) is 12.7. The molecular formula is C30H32F5N3O3S. The Kier molecular flexibility index (Phi) is 9.26. The van der Waals surface area contributed by atoms with E-state index in [1.54, 1.807) is 13.0 Å². The van der Waals surface area contributed by atoms with E-state index < -0.39 is 40.9 Å². The van der Waals surface area contributed by atoms with E-state index in [0.29, 0.717) is 48.2 Å². The van der Waals surface area contributed by atoms with Crippen molar-refractivity contribution in [3.8, 4) is 16.9 Å². The smallest absolute Gasteiger partial charge is 0.416 e. The van der Waals surface area contributed by atoms with E-state index in [1.165, 1.54) is 35.6 Å². The number of fused-ring (bicyclic) bond motifs is 1. The summed E-state index contributed by atoms with van der Waals surface area (Å²) in [6.07, 6.45) is -5.19. The van der Waals surface area contributed by atoms with Crippen molar-refractivity contribution < 1.29 is 31.4 Å². The predicted octanol–water partition coefficient (Wildman–Crippen LogP) is 5.29. The number of ether oxygens (including phenoxy) is 2. The summed E-state index contributed by atoms with van der Waals surface area (Å²) >= 11 is 1.35. The molecule has 1 fully saturated rings. The monoisotopic (exact) mass is 609 g/mol. The number of nitrogens with zero attached hydrogens (tertiary/aromatic N) is 2. The van der Waals surface area contributed by atoms with Crippen molar-refractivity contribution in [2.75, 3.05) is 58.8 Å². The largest absolute Gasteiger partial charge is 0.494 e. The van der Waals surface area contributed by atoms with Crippen molar-refractivity contribution in [1.29, 1.82) is 0 Å². The molecule has 1 N–H and O–H groups in total. The van der Waals surface area contributed by atoms with Crippen molar-refractivity contribution in [2.45, 2.75) is 30.6 Å². The highest BCUT2D eigenvalue weighted by Gasteiger charge is 2.36. The van der Waals surface area contributed by atoms with Crippen LogP contribution >= 0.6 is 11.8 Å². The average Bonchev–Trinajstić information content (AvgIpc) is 3.39. The van der Waals surface area contributed by atoms with E-state index in [9.17, 15) is 22.4 Å². The maximum atomic E-state index is 15.5. The Morgan fingerprint density at radius 3 is 2.55 bits per heavy atom. The van der Waals surface area contributed by atoms with Crippen molar-refractivity contribution in [2.24, 2.45) is 0 Å². The fourth-order valence-corrected chi connectivity index (χ4v) is 7.00. The molecule has 1 aromatic heterocycles. The zero-order valence-corrected chi connectivity index (χ0v) is 24.1. The van der Waals surface area contributed by atoms with Crippen molar-refractivity contribution in [1.82, 2.24) is 14.8 Å². The molecule has 42 heavy (non-hydrogen) atoms. The summed E-state index contributed by atoms with van der Waals surface area (Å²) in [5.41, 5.74) is -1.37. The number of alkyl halides is 3. The van der Waals surface area contributed by atoms with Crippen molar-refractivity contribution >= 4 is 11.8 Å². The number of halogens is 5. The molecule has 1 atom stereocenters. The van der Waals surface area contributed by atoms with Gasteiger partial charge in [-0.15, -0.1) is 11.8 Å². The van der Waals surface area contributed by atoms with Gasteiger partial charge >= 0.3 is 6.18 Å². The fourth-order valence-electron chi connectivity index (χ4n) is 5.62. The van der Waals surface area contributed by atoms with Crippen LogP contribution < -0.4 is 15.6 Å². The van der Waals surface area contributed by atoms with Crippen LogP contribution in [0.4, 0.5) is 22.0 Å². The van der Waals surface area contributed by atoms with Crippen LogP contribution in [0.2, 0.25) is 0 Å². The van der Waals surface area contributed by atoms with Crippen molar-refractivity contribution in [3.63, 3.8) is 0 Å². The average molecular weight is 610 g/mol. The van der Waals surface area contributed by atoms with Gasteiger partial charge in [-0.3, -0.25) is 14.3 Å². The third-order valence-electron chi connectivity index (χ3n) is 7.83. The highest BCUT2D eigenvalue weighted by atomic mass is 32.2. The first-order valence-electron chi connectivity index (χ1n) is 13.7. The quantitative estimate of drug-likeness (QED) is 0.263. The standard InChI is InChI=1S/C30H32F5N3O3S/c1-18-21(15-22-23(30(33,34)35)6-4-7-24(22)31)29-38(28(39)26(18)20-5-3-8-25(40-2)27(20)32)19(17-42-29)16-36-9-10-37-11-13-41-14-12-37/h3-8,19,36H,9-17H2,1-2H3. The zero-order valence-electron chi connectivity index (χ0n) is 23.3.